The number of rotatable bonds is 10. The molecule has 0 unspecified atom stereocenters. The molecule has 0 spiro atoms. The van der Waals surface area contributed by atoms with Crippen LogP contribution in [0.4, 0.5) is 0 Å². The van der Waals surface area contributed by atoms with Crippen LogP contribution in [0.25, 0.3) is 0 Å². The summed E-state index contributed by atoms with van der Waals surface area (Å²) >= 11 is 0. The van der Waals surface area contributed by atoms with Gasteiger partial charge in [0.15, 0.2) is 18.1 Å². The van der Waals surface area contributed by atoms with Gasteiger partial charge < -0.3 is 24.3 Å². The van der Waals surface area contributed by atoms with Crippen LogP contribution in [-0.4, -0.2) is 33.3 Å². The second-order valence-corrected chi connectivity index (χ2v) is 5.98. The first kappa shape index (κ1) is 20.4. The van der Waals surface area contributed by atoms with Crippen molar-refractivity contribution in [1.82, 2.24) is 5.32 Å². The summed E-state index contributed by atoms with van der Waals surface area (Å²) < 4.78 is 21.9. The maximum atomic E-state index is 12.3. The van der Waals surface area contributed by atoms with E-state index < -0.39 is 0 Å². The van der Waals surface area contributed by atoms with E-state index in [9.17, 15) is 4.79 Å². The number of nitrogens with one attached hydrogen (secondary N) is 1. The van der Waals surface area contributed by atoms with Gasteiger partial charge in [0.25, 0.3) is 5.91 Å². The summed E-state index contributed by atoms with van der Waals surface area (Å²) in [6.45, 7) is 4.40. The highest BCUT2D eigenvalue weighted by atomic mass is 16.5. The topological polar surface area (TPSA) is 66.0 Å². The van der Waals surface area contributed by atoms with E-state index in [0.717, 1.165) is 12.0 Å². The molecule has 0 saturated heterocycles. The predicted molar refractivity (Wildman–Crippen MR) is 104 cm³/mol. The van der Waals surface area contributed by atoms with Crippen LogP contribution in [0.1, 0.15) is 31.9 Å². The van der Waals surface area contributed by atoms with E-state index in [-0.39, 0.29) is 18.6 Å². The lowest BCUT2D eigenvalue weighted by molar-refractivity contribution is -0.123. The summed E-state index contributed by atoms with van der Waals surface area (Å²) in [5.41, 5.74) is 0.830. The molecule has 27 heavy (non-hydrogen) atoms. The van der Waals surface area contributed by atoms with Crippen LogP contribution >= 0.6 is 0 Å². The van der Waals surface area contributed by atoms with Gasteiger partial charge in [-0.2, -0.15) is 0 Å². The number of amides is 1. The highest BCUT2D eigenvalue weighted by Gasteiger charge is 2.16. The summed E-state index contributed by atoms with van der Waals surface area (Å²) in [6.07, 6.45) is 0.898. The molecule has 2 aromatic carbocycles. The van der Waals surface area contributed by atoms with Crippen LogP contribution in [0.2, 0.25) is 0 Å². The van der Waals surface area contributed by atoms with Crippen molar-refractivity contribution in [2.45, 2.75) is 26.3 Å². The van der Waals surface area contributed by atoms with E-state index in [1.165, 1.54) is 0 Å². The second kappa shape index (κ2) is 10.3. The molecule has 2 rings (SSSR count). The van der Waals surface area contributed by atoms with Gasteiger partial charge in [-0.15, -0.1) is 0 Å². The predicted octanol–water partition coefficient (Wildman–Crippen LogP) is 3.75. The molecular weight excluding hydrogens is 346 g/mol. The molecule has 0 radical (unpaired) electrons. The Labute approximate surface area is 160 Å². The first-order chi connectivity index (χ1) is 13.1. The molecule has 0 saturated carbocycles. The molecular formula is C21H27NO5. The minimum atomic E-state index is -0.266. The maximum absolute atomic E-state index is 12.3. The fourth-order valence-electron chi connectivity index (χ4n) is 2.58. The van der Waals surface area contributed by atoms with Gasteiger partial charge in [0.2, 0.25) is 0 Å². The SMILES string of the molecule is CCCOc1ccccc1OCC(=O)N[C@H](C)c1cc(OC)ccc1OC. The molecule has 1 N–H and O–H groups in total. The summed E-state index contributed by atoms with van der Waals surface area (Å²) in [4.78, 5) is 12.3. The smallest absolute Gasteiger partial charge is 0.258 e. The van der Waals surface area contributed by atoms with Gasteiger partial charge in [0.05, 0.1) is 26.9 Å². The third-order valence-corrected chi connectivity index (χ3v) is 3.95. The third kappa shape index (κ3) is 5.81. The van der Waals surface area contributed by atoms with Gasteiger partial charge in [-0.3, -0.25) is 4.79 Å². The largest absolute Gasteiger partial charge is 0.497 e. The molecule has 0 aliphatic heterocycles. The van der Waals surface area contributed by atoms with E-state index in [1.807, 2.05) is 50.2 Å². The van der Waals surface area contributed by atoms with Crippen molar-refractivity contribution < 1.29 is 23.7 Å². The lowest BCUT2D eigenvalue weighted by Gasteiger charge is -2.18. The Balaban J connectivity index is 1.98. The highest BCUT2D eigenvalue weighted by Crippen LogP contribution is 2.29. The van der Waals surface area contributed by atoms with Crippen molar-refractivity contribution in [2.75, 3.05) is 27.4 Å². The number of methoxy groups -OCH3 is 2. The van der Waals surface area contributed by atoms with Crippen molar-refractivity contribution in [2.24, 2.45) is 0 Å². The van der Waals surface area contributed by atoms with Gasteiger partial charge in [-0.25, -0.2) is 0 Å². The highest BCUT2D eigenvalue weighted by molar-refractivity contribution is 5.78. The Kier molecular flexibility index (Phi) is 7.79. The number of para-hydroxylation sites is 2. The Bertz CT molecular complexity index is 747. The standard InChI is InChI=1S/C21H27NO5/c1-5-12-26-19-8-6-7-9-20(19)27-14-21(23)22-15(2)17-13-16(24-3)10-11-18(17)25-4/h6-11,13,15H,5,12,14H2,1-4H3,(H,22,23)/t15-/m1/s1. The van der Waals surface area contributed by atoms with Gasteiger partial charge >= 0.3 is 0 Å². The molecule has 0 heterocycles. The first-order valence-corrected chi connectivity index (χ1v) is 8.95. The number of carbonyl (C=O) groups is 1. The van der Waals surface area contributed by atoms with Crippen LogP contribution < -0.4 is 24.3 Å². The van der Waals surface area contributed by atoms with Crippen molar-refractivity contribution in [3.63, 3.8) is 0 Å². The monoisotopic (exact) mass is 373 g/mol. The molecule has 1 amide bonds. The average molecular weight is 373 g/mol. The molecule has 146 valence electrons. The van der Waals surface area contributed by atoms with Gasteiger partial charge in [-0.05, 0) is 43.7 Å². The Morgan fingerprint density at radius 2 is 1.70 bits per heavy atom. The van der Waals surface area contributed by atoms with Crippen LogP contribution in [0.15, 0.2) is 42.5 Å². The van der Waals surface area contributed by atoms with Crippen molar-refractivity contribution in [3.8, 4) is 23.0 Å². The molecule has 0 aliphatic carbocycles. The van der Waals surface area contributed by atoms with Crippen molar-refractivity contribution >= 4 is 5.91 Å². The average Bonchev–Trinajstić information content (AvgIpc) is 2.70. The number of hydrogen-bond donors (Lipinski definition) is 1. The molecule has 0 aromatic heterocycles. The zero-order chi connectivity index (χ0) is 19.6. The number of hydrogen-bond acceptors (Lipinski definition) is 5. The van der Waals surface area contributed by atoms with E-state index in [4.69, 9.17) is 18.9 Å². The fourth-order valence-corrected chi connectivity index (χ4v) is 2.58. The molecule has 2 aromatic rings. The zero-order valence-electron chi connectivity index (χ0n) is 16.3. The number of carbonyl (C=O) groups excluding carboxylic acids is 1. The molecule has 0 bridgehead atoms. The molecule has 0 aliphatic rings. The van der Waals surface area contributed by atoms with E-state index >= 15 is 0 Å². The Morgan fingerprint density at radius 3 is 2.33 bits per heavy atom. The quantitative estimate of drug-likeness (QED) is 0.687. The maximum Gasteiger partial charge on any atom is 0.258 e. The number of ether oxygens (including phenoxy) is 4. The van der Waals surface area contributed by atoms with E-state index in [2.05, 4.69) is 5.32 Å². The van der Waals surface area contributed by atoms with Gasteiger partial charge in [-0.1, -0.05) is 19.1 Å². The molecule has 0 fully saturated rings. The van der Waals surface area contributed by atoms with Gasteiger partial charge in [0, 0.05) is 5.56 Å². The van der Waals surface area contributed by atoms with Crippen LogP contribution in [0.3, 0.4) is 0 Å². The van der Waals surface area contributed by atoms with Crippen LogP contribution in [0.5, 0.6) is 23.0 Å². The third-order valence-electron chi connectivity index (χ3n) is 3.95. The van der Waals surface area contributed by atoms with Crippen molar-refractivity contribution in [3.05, 3.63) is 48.0 Å². The summed E-state index contributed by atoms with van der Waals surface area (Å²) in [6, 6.07) is 12.5. The summed E-state index contributed by atoms with van der Waals surface area (Å²) in [5.74, 6) is 2.33. The van der Waals surface area contributed by atoms with E-state index in [1.54, 1.807) is 20.3 Å². The Hall–Kier alpha value is -2.89. The lowest BCUT2D eigenvalue weighted by Crippen LogP contribution is -2.31. The second-order valence-electron chi connectivity index (χ2n) is 5.98. The zero-order valence-corrected chi connectivity index (χ0v) is 16.3. The van der Waals surface area contributed by atoms with Crippen LogP contribution in [0, 0.1) is 0 Å². The van der Waals surface area contributed by atoms with E-state index in [0.29, 0.717) is 29.6 Å². The minimum absolute atomic E-state index is 0.108. The molecule has 1 atom stereocenters. The molecule has 6 nitrogen and oxygen atoms in total. The fraction of sp³-hybridized carbons (Fsp3) is 0.381. The van der Waals surface area contributed by atoms with Crippen molar-refractivity contribution in [1.29, 1.82) is 0 Å². The summed E-state index contributed by atoms with van der Waals surface area (Å²) in [5, 5.41) is 2.91. The van der Waals surface area contributed by atoms with Crippen LogP contribution in [-0.2, 0) is 4.79 Å². The first-order valence-electron chi connectivity index (χ1n) is 8.95. The normalized spacial score (nSPS) is 11.4. The lowest BCUT2D eigenvalue weighted by atomic mass is 10.1. The summed E-state index contributed by atoms with van der Waals surface area (Å²) in [7, 11) is 3.19. The number of benzene rings is 2. The molecule has 6 heteroatoms. The minimum Gasteiger partial charge on any atom is -0.497 e. The van der Waals surface area contributed by atoms with Gasteiger partial charge in [0.1, 0.15) is 11.5 Å². The Morgan fingerprint density at radius 1 is 1.00 bits per heavy atom.